The number of phenols is 6. The molecule has 0 spiro atoms. The second-order valence-corrected chi connectivity index (χ2v) is 28.9. The van der Waals surface area contributed by atoms with Crippen LogP contribution in [0, 0.1) is 34.6 Å². The number of aldehydes is 1. The largest absolute Gasteiger partial charge is 0.508 e. The van der Waals surface area contributed by atoms with Crippen LogP contribution in [0.3, 0.4) is 0 Å². The summed E-state index contributed by atoms with van der Waals surface area (Å²) in [5.74, 6) is 0.488. The third-order valence-electron chi connectivity index (χ3n) is 17.1. The van der Waals surface area contributed by atoms with E-state index in [0.29, 0.717) is 61.2 Å². The van der Waals surface area contributed by atoms with Gasteiger partial charge in [0.05, 0.1) is 36.9 Å². The Bertz CT molecular complexity index is 5820. The summed E-state index contributed by atoms with van der Waals surface area (Å²) in [5, 5.41) is 57.3. The Morgan fingerprint density at radius 3 is 1.08 bits per heavy atom. The van der Waals surface area contributed by atoms with Crippen LogP contribution in [0.25, 0.3) is 36.5 Å². The molecule has 0 atom stereocenters. The van der Waals surface area contributed by atoms with Crippen molar-refractivity contribution >= 4 is 133 Å². The summed E-state index contributed by atoms with van der Waals surface area (Å²) in [4.78, 5) is 82.7. The van der Waals surface area contributed by atoms with Crippen LogP contribution in [0.15, 0.2) is 294 Å². The van der Waals surface area contributed by atoms with E-state index >= 15 is 0 Å². The Morgan fingerprint density at radius 2 is 0.681 bits per heavy atom. The van der Waals surface area contributed by atoms with Gasteiger partial charge in [0, 0.05) is 47.9 Å². The van der Waals surface area contributed by atoms with E-state index in [1.54, 1.807) is 116 Å². The van der Waals surface area contributed by atoms with Crippen molar-refractivity contribution < 1.29 is 78.4 Å². The van der Waals surface area contributed by atoms with E-state index in [4.69, 9.17) is 37.4 Å². The van der Waals surface area contributed by atoms with Gasteiger partial charge >= 0.3 is 0 Å². The Balaban J connectivity index is 0.000000197. The number of carbonyl (C=O) groups excluding carboxylic acids is 7. The number of ether oxygens (including phenoxy) is 3. The molecule has 0 amide bonds. The van der Waals surface area contributed by atoms with Crippen molar-refractivity contribution in [3.8, 4) is 51.7 Å². The summed E-state index contributed by atoms with van der Waals surface area (Å²) in [7, 11) is 4.50. The van der Waals surface area contributed by atoms with Crippen molar-refractivity contribution in [3.05, 3.63) is 404 Å². The summed E-state index contributed by atoms with van der Waals surface area (Å²) in [5.41, 5.74) is 13.8. The number of rotatable bonds is 22. The van der Waals surface area contributed by atoms with Gasteiger partial charge in [-0.3, -0.25) is 33.6 Å². The van der Waals surface area contributed by atoms with E-state index in [0.717, 1.165) is 70.3 Å². The maximum Gasteiger partial charge on any atom is 0.185 e. The Hall–Kier alpha value is -13.5. The second-order valence-electron chi connectivity index (χ2n) is 26.3. The summed E-state index contributed by atoms with van der Waals surface area (Å²) in [6.07, 6.45) is 19.8. The van der Waals surface area contributed by atoms with Crippen LogP contribution in [0.2, 0.25) is 10.0 Å². The lowest BCUT2D eigenvalue weighted by Crippen LogP contribution is -1.95. The number of phenolic OH excluding ortho intramolecular Hbond substituents is 6. The van der Waals surface area contributed by atoms with Gasteiger partial charge in [-0.1, -0.05) is 230 Å². The molecule has 0 aliphatic rings. The fourth-order valence-corrected chi connectivity index (χ4v) is 12.0. The molecule has 16 nitrogen and oxygen atoms in total. The lowest BCUT2D eigenvalue weighted by atomic mass is 10.1. The van der Waals surface area contributed by atoms with Crippen LogP contribution in [0.4, 0.5) is 0 Å². The molecule has 0 radical (unpaired) electrons. The normalized spacial score (nSPS) is 10.8. The predicted molar refractivity (Wildman–Crippen MR) is 482 cm³/mol. The van der Waals surface area contributed by atoms with E-state index in [-0.39, 0.29) is 74.8 Å². The van der Waals surface area contributed by atoms with Crippen LogP contribution in [0.5, 0.6) is 51.7 Å². The maximum atomic E-state index is 12.1. The molecular formula is C99H84Br2Cl2O16. The lowest BCUT2D eigenvalue weighted by molar-refractivity contribution is 0.103. The SMILES string of the molecule is COc1c(C)cc(Br)cc1/C=C/C(=O)c1cccc(O)c1.COc1cc(C(=O)/C=C/c2ccc(C)cc2)ccc1O.COc1cc(C(=O)/C=C/c2cccc(C)c2)ccc1O.Cc1ccc(/C=C/C(=O)c2cccc(O)c2)cc1Br.Cc1cccc(/C=C/C(=O)c2cccc(O)c2)c1.O=Cc1cc(C(=O)/C=C/c2ccc(Cl)c(Cl)c2)ccc1O. The van der Waals surface area contributed by atoms with Crippen LogP contribution in [-0.4, -0.2) is 93.0 Å². The van der Waals surface area contributed by atoms with Crippen LogP contribution < -0.4 is 14.2 Å². The number of allylic oxidation sites excluding steroid dienone is 6. The maximum absolute atomic E-state index is 12.1. The average molecular weight is 1760 g/mol. The van der Waals surface area contributed by atoms with E-state index in [2.05, 4.69) is 31.9 Å². The van der Waals surface area contributed by atoms with Gasteiger partial charge in [-0.15, -0.1) is 0 Å². The van der Waals surface area contributed by atoms with E-state index in [9.17, 15) is 64.2 Å². The smallest absolute Gasteiger partial charge is 0.185 e. The molecule has 0 heterocycles. The number of ketones is 6. The van der Waals surface area contributed by atoms with Crippen molar-refractivity contribution in [3.63, 3.8) is 0 Å². The number of methoxy groups -OCH3 is 3. The molecule has 0 aliphatic heterocycles. The summed E-state index contributed by atoms with van der Waals surface area (Å²) in [6.45, 7) is 9.98. The lowest BCUT2D eigenvalue weighted by Gasteiger charge is -2.09. The number of aryl methyl sites for hydroxylation is 5. The van der Waals surface area contributed by atoms with Gasteiger partial charge < -0.3 is 44.8 Å². The van der Waals surface area contributed by atoms with Crippen molar-refractivity contribution in [1.82, 2.24) is 0 Å². The quantitative estimate of drug-likeness (QED) is 0.0209. The van der Waals surface area contributed by atoms with Gasteiger partial charge in [-0.25, -0.2) is 0 Å². The highest BCUT2D eigenvalue weighted by Crippen LogP contribution is 2.32. The molecule has 0 saturated heterocycles. The van der Waals surface area contributed by atoms with Crippen molar-refractivity contribution in [2.45, 2.75) is 34.6 Å². The summed E-state index contributed by atoms with van der Waals surface area (Å²) in [6, 6.07) is 70.6. The highest BCUT2D eigenvalue weighted by Gasteiger charge is 2.13. The average Bonchev–Trinajstić information content (AvgIpc) is 0.843. The molecule has 119 heavy (non-hydrogen) atoms. The number of carbonyl (C=O) groups is 7. The third-order valence-corrected chi connectivity index (χ3v) is 19.1. The zero-order valence-corrected chi connectivity index (χ0v) is 70.6. The zero-order chi connectivity index (χ0) is 86.7. The molecule has 12 aromatic rings. The first-order valence-corrected chi connectivity index (χ1v) is 38.8. The highest BCUT2D eigenvalue weighted by molar-refractivity contribution is 9.10. The van der Waals surface area contributed by atoms with Crippen molar-refractivity contribution in [2.24, 2.45) is 0 Å². The second kappa shape index (κ2) is 46.9. The molecule has 0 aromatic heterocycles. The molecule has 12 aromatic carbocycles. The Labute approximate surface area is 717 Å². The number of hydrogen-bond acceptors (Lipinski definition) is 16. The molecule has 0 bridgehead atoms. The van der Waals surface area contributed by atoms with Gasteiger partial charge in [0.15, 0.2) is 64.0 Å². The molecule has 0 unspecified atom stereocenters. The monoisotopic (exact) mass is 1760 g/mol. The molecule has 0 fully saturated rings. The molecule has 604 valence electrons. The number of hydrogen-bond donors (Lipinski definition) is 6. The molecule has 12 rings (SSSR count). The minimum absolute atomic E-state index is 0.0200. The number of halogens is 4. The van der Waals surface area contributed by atoms with Crippen LogP contribution in [0.1, 0.15) is 134 Å². The standard InChI is InChI=1S/C17H15BrO3.2C17H16O3.C16H13BrO2.C16H10Cl2O3.C16H14O2/c1-11-8-14(18)9-13(17(11)21-2)6-7-16(20)12-4-3-5-15(19)10-12;1-12-3-5-13(6-4-12)7-9-15(18)14-8-10-16(19)17(11-14)20-2;1-12-4-3-5-13(10-12)6-8-15(18)14-7-9-16(19)17(11-14)20-2;1-11-5-6-12(9-15(11)17)7-8-16(19)13-3-2-4-14(18)10-13;17-13-4-1-10(7-14(13)18)2-5-15(20)11-3-6-16(21)12(8-11)9-19;1-12-4-2-5-13(10-12)8-9-16(18)14-6-3-7-15(17)11-14/h3-10,19H,1-2H3;2*3-11,19H,1-2H3;2-10,18H,1H3;1-9,21H;2-11,17H,1H3/b7-6+;9-7+;8-6+;8-7+;5-2+;9-8+. The Morgan fingerprint density at radius 1 is 0.311 bits per heavy atom. The molecule has 0 saturated carbocycles. The van der Waals surface area contributed by atoms with Crippen LogP contribution >= 0.6 is 55.1 Å². The van der Waals surface area contributed by atoms with Gasteiger partial charge in [-0.05, 0) is 237 Å². The molecule has 0 aliphatic carbocycles. The first-order valence-electron chi connectivity index (χ1n) is 36.4. The minimum atomic E-state index is -0.288. The van der Waals surface area contributed by atoms with Crippen molar-refractivity contribution in [2.75, 3.05) is 21.3 Å². The zero-order valence-electron chi connectivity index (χ0n) is 66.0. The van der Waals surface area contributed by atoms with E-state index in [1.165, 1.54) is 129 Å². The fraction of sp³-hybridized carbons (Fsp3) is 0.0808. The summed E-state index contributed by atoms with van der Waals surface area (Å²) >= 11 is 18.6. The topological polar surface area (TPSA) is 269 Å². The third kappa shape index (κ3) is 30.6. The van der Waals surface area contributed by atoms with Crippen LogP contribution in [-0.2, 0) is 0 Å². The highest BCUT2D eigenvalue weighted by atomic mass is 79.9. The molecular weight excluding hydrogens is 1680 g/mol. The first kappa shape index (κ1) is 92.7. The summed E-state index contributed by atoms with van der Waals surface area (Å²) < 4.78 is 17.3. The van der Waals surface area contributed by atoms with Gasteiger partial charge in [-0.2, -0.15) is 0 Å². The molecule has 6 N–H and O–H groups in total. The Kier molecular flexibility index (Phi) is 36.5. The van der Waals surface area contributed by atoms with Gasteiger partial charge in [0.25, 0.3) is 0 Å². The predicted octanol–water partition coefficient (Wildman–Crippen LogP) is 23.9. The van der Waals surface area contributed by atoms with Crippen molar-refractivity contribution in [1.29, 1.82) is 0 Å². The number of benzene rings is 12. The molecule has 20 heteroatoms. The van der Waals surface area contributed by atoms with E-state index in [1.807, 2.05) is 138 Å². The van der Waals surface area contributed by atoms with E-state index < -0.39 is 0 Å². The number of aromatic hydroxyl groups is 6. The first-order chi connectivity index (χ1) is 56.9. The fourth-order valence-electron chi connectivity index (χ4n) is 10.8. The van der Waals surface area contributed by atoms with Gasteiger partial charge in [0.1, 0.15) is 28.7 Å². The van der Waals surface area contributed by atoms with Gasteiger partial charge in [0.2, 0.25) is 0 Å². The minimum Gasteiger partial charge on any atom is -0.508 e.